The Hall–Kier alpha value is -3.54. The van der Waals surface area contributed by atoms with E-state index in [2.05, 4.69) is 30.4 Å². The number of hydrogen-bond donors (Lipinski definition) is 0. The predicted octanol–water partition coefficient (Wildman–Crippen LogP) is 3.06. The zero-order valence-corrected chi connectivity index (χ0v) is 12.6. The van der Waals surface area contributed by atoms with Gasteiger partial charge in [0.2, 0.25) is 0 Å². The number of aromatic nitrogens is 6. The lowest BCUT2D eigenvalue weighted by atomic mass is 10.0. The lowest BCUT2D eigenvalue weighted by Gasteiger charge is -2.10. The summed E-state index contributed by atoms with van der Waals surface area (Å²) in [5.74, 6) is 0.491. The minimum absolute atomic E-state index is 0.491. The number of hydrogen-bond acceptors (Lipinski definition) is 6. The molecule has 1 aromatic carbocycles. The van der Waals surface area contributed by atoms with E-state index in [9.17, 15) is 0 Å². The molecule has 0 radical (unpaired) electrons. The molecule has 0 aliphatic heterocycles. The Labute approximate surface area is 138 Å². The summed E-state index contributed by atoms with van der Waals surface area (Å²) >= 11 is 0. The van der Waals surface area contributed by atoms with E-state index in [1.807, 2.05) is 48.5 Å². The summed E-state index contributed by atoms with van der Waals surface area (Å²) in [6.45, 7) is 0. The average molecular weight is 312 g/mol. The normalized spacial score (nSPS) is 10.5. The quantitative estimate of drug-likeness (QED) is 0.578. The zero-order chi connectivity index (χ0) is 16.2. The van der Waals surface area contributed by atoms with Gasteiger partial charge in [0, 0.05) is 24.2 Å². The molecule has 4 aromatic rings. The monoisotopic (exact) mass is 312 g/mol. The third kappa shape index (κ3) is 2.61. The van der Waals surface area contributed by atoms with Crippen LogP contribution in [0.5, 0.6) is 0 Å². The standard InChI is InChI=1S/C18H12N6/c1-2-7-13(8-3-1)16-15(14-9-4-5-10-19-14)17(23-24-22-16)18-20-11-6-12-21-18/h1-12H. The molecule has 0 unspecified atom stereocenters. The Balaban J connectivity index is 2.02. The van der Waals surface area contributed by atoms with Crippen molar-refractivity contribution >= 4 is 0 Å². The Kier molecular flexibility index (Phi) is 3.69. The fourth-order valence-electron chi connectivity index (χ4n) is 2.45. The van der Waals surface area contributed by atoms with Gasteiger partial charge in [0.25, 0.3) is 0 Å². The van der Waals surface area contributed by atoms with Gasteiger partial charge >= 0.3 is 0 Å². The lowest BCUT2D eigenvalue weighted by Crippen LogP contribution is -2.02. The third-order valence-electron chi connectivity index (χ3n) is 3.51. The minimum Gasteiger partial charge on any atom is -0.256 e. The van der Waals surface area contributed by atoms with Gasteiger partial charge in [0.15, 0.2) is 5.82 Å². The topological polar surface area (TPSA) is 77.3 Å². The molecule has 114 valence electrons. The maximum atomic E-state index is 4.46. The fourth-order valence-corrected chi connectivity index (χ4v) is 2.45. The van der Waals surface area contributed by atoms with Gasteiger partial charge in [-0.15, -0.1) is 10.2 Å². The SMILES string of the molecule is c1ccc(-c2nnnc(-c3ncccn3)c2-c2ccccn2)cc1. The molecule has 0 spiro atoms. The summed E-state index contributed by atoms with van der Waals surface area (Å²) in [5.41, 5.74) is 3.71. The van der Waals surface area contributed by atoms with Gasteiger partial charge in [-0.2, -0.15) is 0 Å². The van der Waals surface area contributed by atoms with Gasteiger partial charge in [0.1, 0.15) is 11.4 Å². The number of pyridine rings is 1. The Bertz CT molecular complexity index is 885. The van der Waals surface area contributed by atoms with E-state index >= 15 is 0 Å². The van der Waals surface area contributed by atoms with Crippen LogP contribution < -0.4 is 0 Å². The molecule has 3 aromatic heterocycles. The van der Waals surface area contributed by atoms with E-state index in [4.69, 9.17) is 0 Å². The molecule has 0 amide bonds. The van der Waals surface area contributed by atoms with Crippen molar-refractivity contribution in [1.82, 2.24) is 30.4 Å². The van der Waals surface area contributed by atoms with Crippen LogP contribution in [0.3, 0.4) is 0 Å². The van der Waals surface area contributed by atoms with E-state index < -0.39 is 0 Å². The largest absolute Gasteiger partial charge is 0.256 e. The molecule has 0 aliphatic rings. The molecule has 4 rings (SSSR count). The summed E-state index contributed by atoms with van der Waals surface area (Å²) in [6.07, 6.45) is 5.09. The second-order valence-corrected chi connectivity index (χ2v) is 5.02. The van der Waals surface area contributed by atoms with E-state index in [0.717, 1.165) is 16.8 Å². The van der Waals surface area contributed by atoms with Gasteiger partial charge < -0.3 is 0 Å². The van der Waals surface area contributed by atoms with Crippen molar-refractivity contribution in [2.45, 2.75) is 0 Å². The first-order chi connectivity index (χ1) is 11.9. The molecule has 0 bridgehead atoms. The van der Waals surface area contributed by atoms with Crippen molar-refractivity contribution in [2.75, 3.05) is 0 Å². The van der Waals surface area contributed by atoms with Crippen LogP contribution in [0.25, 0.3) is 34.0 Å². The molecular weight excluding hydrogens is 300 g/mol. The molecule has 3 heterocycles. The Morgan fingerprint density at radius 2 is 1.29 bits per heavy atom. The second-order valence-electron chi connectivity index (χ2n) is 5.02. The molecule has 0 saturated heterocycles. The second kappa shape index (κ2) is 6.29. The fraction of sp³-hybridized carbons (Fsp3) is 0. The maximum Gasteiger partial charge on any atom is 0.180 e. The first-order valence-corrected chi connectivity index (χ1v) is 7.41. The minimum atomic E-state index is 0.491. The first kappa shape index (κ1) is 14.1. The van der Waals surface area contributed by atoms with E-state index in [0.29, 0.717) is 17.2 Å². The Morgan fingerprint density at radius 1 is 0.583 bits per heavy atom. The predicted molar refractivity (Wildman–Crippen MR) is 89.5 cm³/mol. The summed E-state index contributed by atoms with van der Waals surface area (Å²) < 4.78 is 0. The van der Waals surface area contributed by atoms with Gasteiger partial charge in [-0.3, -0.25) is 4.98 Å². The van der Waals surface area contributed by atoms with Crippen molar-refractivity contribution < 1.29 is 0 Å². The summed E-state index contributed by atoms with van der Waals surface area (Å²) in [6, 6.07) is 17.3. The molecule has 0 saturated carbocycles. The highest BCUT2D eigenvalue weighted by Gasteiger charge is 2.19. The van der Waals surface area contributed by atoms with E-state index in [1.165, 1.54) is 0 Å². The van der Waals surface area contributed by atoms with Crippen LogP contribution in [0, 0.1) is 0 Å². The van der Waals surface area contributed by atoms with E-state index in [1.54, 1.807) is 24.7 Å². The molecule has 0 N–H and O–H groups in total. The van der Waals surface area contributed by atoms with Crippen LogP contribution in [-0.4, -0.2) is 30.4 Å². The molecule has 24 heavy (non-hydrogen) atoms. The molecular formula is C18H12N6. The van der Waals surface area contributed by atoms with Crippen molar-refractivity contribution in [2.24, 2.45) is 0 Å². The van der Waals surface area contributed by atoms with Crippen LogP contribution in [0.1, 0.15) is 0 Å². The highest BCUT2D eigenvalue weighted by atomic mass is 15.3. The van der Waals surface area contributed by atoms with Crippen LogP contribution in [0.15, 0.2) is 73.2 Å². The lowest BCUT2D eigenvalue weighted by molar-refractivity contribution is 0.870. The summed E-state index contributed by atoms with van der Waals surface area (Å²) in [5, 5.41) is 12.4. The average Bonchev–Trinajstić information content (AvgIpc) is 2.69. The van der Waals surface area contributed by atoms with Gasteiger partial charge in [0.05, 0.1) is 11.3 Å². The van der Waals surface area contributed by atoms with Crippen LogP contribution >= 0.6 is 0 Å². The zero-order valence-electron chi connectivity index (χ0n) is 12.6. The van der Waals surface area contributed by atoms with Crippen LogP contribution in [-0.2, 0) is 0 Å². The number of benzene rings is 1. The molecule has 6 nitrogen and oxygen atoms in total. The van der Waals surface area contributed by atoms with E-state index in [-0.39, 0.29) is 0 Å². The van der Waals surface area contributed by atoms with Gasteiger partial charge in [-0.05, 0) is 23.4 Å². The van der Waals surface area contributed by atoms with Crippen molar-refractivity contribution in [1.29, 1.82) is 0 Å². The third-order valence-corrected chi connectivity index (χ3v) is 3.51. The molecule has 0 fully saturated rings. The molecule has 0 aliphatic carbocycles. The number of rotatable bonds is 3. The first-order valence-electron chi connectivity index (χ1n) is 7.41. The smallest absolute Gasteiger partial charge is 0.180 e. The summed E-state index contributed by atoms with van der Waals surface area (Å²) in [4.78, 5) is 13.1. The summed E-state index contributed by atoms with van der Waals surface area (Å²) in [7, 11) is 0. The van der Waals surface area contributed by atoms with Gasteiger partial charge in [-0.1, -0.05) is 36.4 Å². The van der Waals surface area contributed by atoms with Crippen molar-refractivity contribution in [3.05, 3.63) is 73.2 Å². The van der Waals surface area contributed by atoms with Crippen molar-refractivity contribution in [3.8, 4) is 34.0 Å². The molecule has 6 heteroatoms. The van der Waals surface area contributed by atoms with Gasteiger partial charge in [-0.25, -0.2) is 9.97 Å². The Morgan fingerprint density at radius 3 is 2.04 bits per heavy atom. The maximum absolute atomic E-state index is 4.46. The van der Waals surface area contributed by atoms with Crippen LogP contribution in [0.2, 0.25) is 0 Å². The number of nitrogens with zero attached hydrogens (tertiary/aromatic N) is 6. The molecule has 0 atom stereocenters. The van der Waals surface area contributed by atoms with Crippen molar-refractivity contribution in [3.63, 3.8) is 0 Å². The highest BCUT2D eigenvalue weighted by molar-refractivity contribution is 5.87. The van der Waals surface area contributed by atoms with Crippen LogP contribution in [0.4, 0.5) is 0 Å². The highest BCUT2D eigenvalue weighted by Crippen LogP contribution is 2.34.